The predicted molar refractivity (Wildman–Crippen MR) is 96.0 cm³/mol. The van der Waals surface area contributed by atoms with Crippen molar-refractivity contribution >= 4 is 5.91 Å². The number of carbonyl (C=O) groups excluding carboxylic acids is 1. The molecule has 128 valence electrons. The second-order valence-corrected chi connectivity index (χ2v) is 6.84. The first-order valence-electron chi connectivity index (χ1n) is 8.88. The van der Waals surface area contributed by atoms with Gasteiger partial charge < -0.3 is 4.90 Å². The second-order valence-electron chi connectivity index (χ2n) is 6.84. The minimum atomic E-state index is 0.282. The quantitative estimate of drug-likeness (QED) is 0.864. The molecule has 0 saturated carbocycles. The van der Waals surface area contributed by atoms with Crippen LogP contribution >= 0.6 is 0 Å². The molecule has 4 nitrogen and oxygen atoms in total. The SMILES string of the molecule is Cc1nn(C)c(C)c1CCC(=O)N1CCC(c2ccccc2)CC1. The number of carbonyl (C=O) groups is 1. The topological polar surface area (TPSA) is 38.1 Å². The molecular weight excluding hydrogens is 298 g/mol. The van der Waals surface area contributed by atoms with E-state index in [1.54, 1.807) is 0 Å². The van der Waals surface area contributed by atoms with E-state index in [9.17, 15) is 4.79 Å². The number of rotatable bonds is 4. The Morgan fingerprint density at radius 3 is 2.42 bits per heavy atom. The smallest absolute Gasteiger partial charge is 0.222 e. The highest BCUT2D eigenvalue weighted by Crippen LogP contribution is 2.28. The first-order valence-corrected chi connectivity index (χ1v) is 8.88. The van der Waals surface area contributed by atoms with Crippen molar-refractivity contribution in [1.29, 1.82) is 0 Å². The zero-order valence-corrected chi connectivity index (χ0v) is 15.0. The van der Waals surface area contributed by atoms with Crippen LogP contribution in [0.15, 0.2) is 30.3 Å². The molecule has 0 atom stereocenters. The van der Waals surface area contributed by atoms with Gasteiger partial charge >= 0.3 is 0 Å². The van der Waals surface area contributed by atoms with E-state index in [2.05, 4.69) is 42.4 Å². The number of hydrogen-bond acceptors (Lipinski definition) is 2. The third kappa shape index (κ3) is 3.53. The lowest BCUT2D eigenvalue weighted by Gasteiger charge is -2.32. The molecule has 1 aromatic carbocycles. The van der Waals surface area contributed by atoms with Crippen LogP contribution in [0.2, 0.25) is 0 Å². The molecule has 2 aromatic rings. The molecule has 0 radical (unpaired) electrons. The maximum absolute atomic E-state index is 12.5. The number of benzene rings is 1. The Kier molecular flexibility index (Phi) is 5.03. The molecule has 3 rings (SSSR count). The molecule has 0 N–H and O–H groups in total. The number of likely N-dealkylation sites (tertiary alicyclic amines) is 1. The Balaban J connectivity index is 1.52. The van der Waals surface area contributed by atoms with E-state index in [1.165, 1.54) is 16.8 Å². The van der Waals surface area contributed by atoms with Crippen LogP contribution in [0.25, 0.3) is 0 Å². The maximum Gasteiger partial charge on any atom is 0.222 e. The van der Waals surface area contributed by atoms with E-state index < -0.39 is 0 Å². The summed E-state index contributed by atoms with van der Waals surface area (Å²) in [6.07, 6.45) is 3.52. The Morgan fingerprint density at radius 2 is 1.83 bits per heavy atom. The van der Waals surface area contributed by atoms with Crippen LogP contribution in [-0.4, -0.2) is 33.7 Å². The molecule has 1 aromatic heterocycles. The van der Waals surface area contributed by atoms with Crippen molar-refractivity contribution in [2.45, 2.75) is 45.4 Å². The fraction of sp³-hybridized carbons (Fsp3) is 0.500. The average molecular weight is 325 g/mol. The van der Waals surface area contributed by atoms with Gasteiger partial charge in [0.1, 0.15) is 0 Å². The predicted octanol–water partition coefficient (Wildman–Crippen LogP) is 3.38. The number of aryl methyl sites for hydroxylation is 2. The number of hydrogen-bond donors (Lipinski definition) is 0. The van der Waals surface area contributed by atoms with Crippen molar-refractivity contribution in [3.63, 3.8) is 0 Å². The summed E-state index contributed by atoms with van der Waals surface area (Å²) in [7, 11) is 1.96. The van der Waals surface area contributed by atoms with Crippen molar-refractivity contribution in [2.75, 3.05) is 13.1 Å². The monoisotopic (exact) mass is 325 g/mol. The van der Waals surface area contributed by atoms with Gasteiger partial charge in [0.25, 0.3) is 0 Å². The van der Waals surface area contributed by atoms with Crippen LogP contribution in [0.1, 0.15) is 47.7 Å². The number of aromatic nitrogens is 2. The standard InChI is InChI=1S/C20H27N3O/c1-15-19(16(2)22(3)21-15)9-10-20(24)23-13-11-18(12-14-23)17-7-5-4-6-8-17/h4-8,18H,9-14H2,1-3H3. The van der Waals surface area contributed by atoms with E-state index in [-0.39, 0.29) is 5.91 Å². The molecule has 4 heteroatoms. The Hall–Kier alpha value is -2.10. The van der Waals surface area contributed by atoms with Gasteiger partial charge in [-0.1, -0.05) is 30.3 Å². The summed E-state index contributed by atoms with van der Waals surface area (Å²) < 4.78 is 1.90. The Morgan fingerprint density at radius 1 is 1.17 bits per heavy atom. The third-order valence-electron chi connectivity index (χ3n) is 5.37. The fourth-order valence-electron chi connectivity index (χ4n) is 3.76. The molecule has 1 saturated heterocycles. The summed E-state index contributed by atoms with van der Waals surface area (Å²) in [5.41, 5.74) is 4.85. The van der Waals surface area contributed by atoms with Crippen molar-refractivity contribution in [1.82, 2.24) is 14.7 Å². The lowest BCUT2D eigenvalue weighted by molar-refractivity contribution is -0.132. The number of nitrogens with zero attached hydrogens (tertiary/aromatic N) is 3. The molecular formula is C20H27N3O. The molecule has 0 bridgehead atoms. The van der Waals surface area contributed by atoms with Crippen molar-refractivity contribution in [2.24, 2.45) is 7.05 Å². The Bertz CT molecular complexity index is 697. The second kappa shape index (κ2) is 7.20. The zero-order valence-electron chi connectivity index (χ0n) is 15.0. The van der Waals surface area contributed by atoms with Gasteiger partial charge in [-0.3, -0.25) is 9.48 Å². The van der Waals surface area contributed by atoms with Crippen LogP contribution in [-0.2, 0) is 18.3 Å². The van der Waals surface area contributed by atoms with Crippen LogP contribution in [0.5, 0.6) is 0 Å². The molecule has 1 aliphatic heterocycles. The highest BCUT2D eigenvalue weighted by molar-refractivity contribution is 5.76. The fourth-order valence-corrected chi connectivity index (χ4v) is 3.76. The van der Waals surface area contributed by atoms with E-state index in [0.29, 0.717) is 12.3 Å². The summed E-state index contributed by atoms with van der Waals surface area (Å²) >= 11 is 0. The summed E-state index contributed by atoms with van der Waals surface area (Å²) in [6, 6.07) is 10.7. The van der Waals surface area contributed by atoms with E-state index in [1.807, 2.05) is 23.6 Å². The molecule has 1 fully saturated rings. The zero-order chi connectivity index (χ0) is 17.1. The normalized spacial score (nSPS) is 15.7. The average Bonchev–Trinajstić information content (AvgIpc) is 2.86. The maximum atomic E-state index is 12.5. The van der Waals surface area contributed by atoms with Gasteiger partial charge in [0.05, 0.1) is 5.69 Å². The number of piperidine rings is 1. The van der Waals surface area contributed by atoms with Gasteiger partial charge in [0.2, 0.25) is 5.91 Å². The van der Waals surface area contributed by atoms with E-state index >= 15 is 0 Å². The molecule has 2 heterocycles. The van der Waals surface area contributed by atoms with Gasteiger partial charge in [-0.05, 0) is 50.2 Å². The van der Waals surface area contributed by atoms with Crippen LogP contribution in [0, 0.1) is 13.8 Å². The molecule has 1 aliphatic rings. The van der Waals surface area contributed by atoms with Crippen molar-refractivity contribution < 1.29 is 4.79 Å². The minimum Gasteiger partial charge on any atom is -0.343 e. The van der Waals surface area contributed by atoms with Crippen molar-refractivity contribution in [3.8, 4) is 0 Å². The van der Waals surface area contributed by atoms with Gasteiger partial charge in [0.15, 0.2) is 0 Å². The number of amides is 1. The molecule has 1 amide bonds. The van der Waals surface area contributed by atoms with Gasteiger partial charge in [-0.2, -0.15) is 5.10 Å². The molecule has 0 unspecified atom stereocenters. The van der Waals surface area contributed by atoms with Crippen LogP contribution < -0.4 is 0 Å². The highest BCUT2D eigenvalue weighted by atomic mass is 16.2. The van der Waals surface area contributed by atoms with E-state index in [0.717, 1.165) is 38.0 Å². The minimum absolute atomic E-state index is 0.282. The van der Waals surface area contributed by atoms with Crippen molar-refractivity contribution in [3.05, 3.63) is 52.8 Å². The molecule has 0 aliphatic carbocycles. The molecule has 24 heavy (non-hydrogen) atoms. The van der Waals surface area contributed by atoms with Crippen LogP contribution in [0.3, 0.4) is 0 Å². The highest BCUT2D eigenvalue weighted by Gasteiger charge is 2.24. The van der Waals surface area contributed by atoms with Gasteiger partial charge in [0, 0.05) is 32.3 Å². The lowest BCUT2D eigenvalue weighted by atomic mass is 9.89. The summed E-state index contributed by atoms with van der Waals surface area (Å²) in [4.78, 5) is 14.6. The lowest BCUT2D eigenvalue weighted by Crippen LogP contribution is -2.38. The first kappa shape index (κ1) is 16.7. The van der Waals surface area contributed by atoms with Crippen LogP contribution in [0.4, 0.5) is 0 Å². The van der Waals surface area contributed by atoms with E-state index in [4.69, 9.17) is 0 Å². The van der Waals surface area contributed by atoms with Gasteiger partial charge in [-0.25, -0.2) is 0 Å². The summed E-state index contributed by atoms with van der Waals surface area (Å²) in [5.74, 6) is 0.877. The Labute approximate surface area is 144 Å². The third-order valence-corrected chi connectivity index (χ3v) is 5.37. The summed E-state index contributed by atoms with van der Waals surface area (Å²) in [6.45, 7) is 5.86. The summed E-state index contributed by atoms with van der Waals surface area (Å²) in [5, 5.41) is 4.44. The first-order chi connectivity index (χ1) is 11.6. The largest absolute Gasteiger partial charge is 0.343 e. The molecule has 0 spiro atoms. The van der Waals surface area contributed by atoms with Gasteiger partial charge in [-0.15, -0.1) is 0 Å².